The lowest BCUT2D eigenvalue weighted by molar-refractivity contribution is 0.361. The van der Waals surface area contributed by atoms with Crippen LogP contribution in [0.5, 0.6) is 0 Å². The smallest absolute Gasteiger partial charge is 0.165 e. The van der Waals surface area contributed by atoms with E-state index in [1.165, 1.54) is 0 Å². The van der Waals surface area contributed by atoms with Crippen molar-refractivity contribution in [2.45, 2.75) is 57.5 Å². The summed E-state index contributed by atoms with van der Waals surface area (Å²) in [6, 6.07) is 8.82. The predicted molar refractivity (Wildman–Crippen MR) is 109 cm³/mol. The van der Waals surface area contributed by atoms with Gasteiger partial charge in [-0.3, -0.25) is 0 Å². The van der Waals surface area contributed by atoms with Gasteiger partial charge in [-0.15, -0.1) is 0 Å². The Bertz CT molecular complexity index is 893. The zero-order valence-electron chi connectivity index (χ0n) is 16.8. The van der Waals surface area contributed by atoms with Crippen LogP contribution in [0.15, 0.2) is 36.4 Å². The first-order chi connectivity index (χ1) is 14.1. The fourth-order valence-electron chi connectivity index (χ4n) is 4.38. The van der Waals surface area contributed by atoms with Crippen LogP contribution in [0, 0.1) is 23.4 Å². The molecule has 4 rings (SSSR count). The Balaban J connectivity index is 1.37. The van der Waals surface area contributed by atoms with Crippen molar-refractivity contribution in [3.63, 3.8) is 0 Å². The molecule has 154 valence electrons. The molecule has 0 radical (unpaired) electrons. The van der Waals surface area contributed by atoms with Gasteiger partial charge in [-0.25, -0.2) is 13.2 Å². The molecule has 1 saturated carbocycles. The van der Waals surface area contributed by atoms with Crippen LogP contribution in [0.1, 0.15) is 73.3 Å². The van der Waals surface area contributed by atoms with Crippen LogP contribution in [-0.2, 0) is 11.2 Å². The first kappa shape index (κ1) is 20.2. The molecule has 1 saturated heterocycles. The highest BCUT2D eigenvalue weighted by molar-refractivity contribution is 5.50. The minimum atomic E-state index is -0.749. The number of halogens is 3. The van der Waals surface area contributed by atoms with Gasteiger partial charge in [0, 0.05) is 5.56 Å². The summed E-state index contributed by atoms with van der Waals surface area (Å²) in [6.45, 7) is 2.51. The molecular formula is C25H27F3O. The van der Waals surface area contributed by atoms with E-state index < -0.39 is 11.6 Å². The third-order valence-corrected chi connectivity index (χ3v) is 6.19. The van der Waals surface area contributed by atoms with Crippen LogP contribution in [0.2, 0.25) is 0 Å². The Hall–Kier alpha value is -2.07. The molecule has 29 heavy (non-hydrogen) atoms. The van der Waals surface area contributed by atoms with Crippen molar-refractivity contribution in [1.29, 1.82) is 0 Å². The van der Waals surface area contributed by atoms with Crippen LogP contribution in [0.25, 0.3) is 6.08 Å². The quantitative estimate of drug-likeness (QED) is 0.471. The van der Waals surface area contributed by atoms with Crippen molar-refractivity contribution in [3.8, 4) is 0 Å². The second-order valence-corrected chi connectivity index (χ2v) is 8.27. The number of hydrogen-bond donors (Lipinski definition) is 0. The van der Waals surface area contributed by atoms with Crippen molar-refractivity contribution < 1.29 is 17.9 Å². The van der Waals surface area contributed by atoms with Crippen molar-refractivity contribution in [2.75, 3.05) is 6.61 Å². The normalized spacial score (nSPS) is 24.2. The lowest BCUT2D eigenvalue weighted by Gasteiger charge is -2.27. The van der Waals surface area contributed by atoms with E-state index in [0.29, 0.717) is 23.7 Å². The molecule has 1 aliphatic carbocycles. The lowest BCUT2D eigenvalue weighted by Crippen LogP contribution is -2.14. The summed E-state index contributed by atoms with van der Waals surface area (Å²) in [6.07, 6.45) is 9.02. The van der Waals surface area contributed by atoms with E-state index >= 15 is 0 Å². The molecule has 2 aliphatic rings. The molecule has 1 aliphatic heterocycles. The highest BCUT2D eigenvalue weighted by atomic mass is 19.2. The molecule has 0 spiro atoms. The van der Waals surface area contributed by atoms with Gasteiger partial charge in [0.1, 0.15) is 11.9 Å². The van der Waals surface area contributed by atoms with Gasteiger partial charge in [-0.1, -0.05) is 49.8 Å². The molecule has 0 N–H and O–H groups in total. The average molecular weight is 400 g/mol. The monoisotopic (exact) mass is 400 g/mol. The zero-order valence-corrected chi connectivity index (χ0v) is 16.8. The maximum atomic E-state index is 14.5. The Labute approximate surface area is 170 Å². The van der Waals surface area contributed by atoms with Crippen LogP contribution >= 0.6 is 0 Å². The van der Waals surface area contributed by atoms with Gasteiger partial charge in [0.25, 0.3) is 0 Å². The molecule has 0 bridgehead atoms. The summed E-state index contributed by atoms with van der Waals surface area (Å²) in [7, 11) is 0. The van der Waals surface area contributed by atoms with Crippen LogP contribution < -0.4 is 0 Å². The molecule has 4 heteroatoms. The molecule has 2 aromatic carbocycles. The van der Waals surface area contributed by atoms with E-state index in [1.807, 2.05) is 25.1 Å². The van der Waals surface area contributed by atoms with Gasteiger partial charge >= 0.3 is 0 Å². The highest BCUT2D eigenvalue weighted by Gasteiger charge is 2.32. The second kappa shape index (κ2) is 8.74. The van der Waals surface area contributed by atoms with E-state index in [1.54, 1.807) is 18.2 Å². The van der Waals surface area contributed by atoms with Crippen molar-refractivity contribution in [2.24, 2.45) is 5.92 Å². The predicted octanol–water partition coefficient (Wildman–Crippen LogP) is 7.11. The summed E-state index contributed by atoms with van der Waals surface area (Å²) in [5.74, 6) is -1.17. The van der Waals surface area contributed by atoms with Crippen LogP contribution in [0.3, 0.4) is 0 Å². The maximum absolute atomic E-state index is 14.5. The first-order valence-electron chi connectivity index (χ1n) is 10.6. The van der Waals surface area contributed by atoms with E-state index in [0.717, 1.165) is 49.7 Å². The summed E-state index contributed by atoms with van der Waals surface area (Å²) >= 11 is 0. The largest absolute Gasteiger partial charge is 0.368 e. The van der Waals surface area contributed by atoms with Gasteiger partial charge in [0.05, 0.1) is 6.61 Å². The molecule has 1 heterocycles. The molecule has 2 fully saturated rings. The van der Waals surface area contributed by atoms with Crippen LogP contribution in [0.4, 0.5) is 13.2 Å². The fraction of sp³-hybridized carbons (Fsp3) is 0.440. The van der Waals surface area contributed by atoms with Gasteiger partial charge in [0.2, 0.25) is 0 Å². The minimum Gasteiger partial charge on any atom is -0.368 e. The van der Waals surface area contributed by atoms with Gasteiger partial charge < -0.3 is 4.74 Å². The van der Waals surface area contributed by atoms with Crippen molar-refractivity contribution >= 4 is 6.08 Å². The first-order valence-corrected chi connectivity index (χ1v) is 10.6. The van der Waals surface area contributed by atoms with Gasteiger partial charge in [-0.05, 0) is 66.7 Å². The second-order valence-electron chi connectivity index (χ2n) is 8.27. The highest BCUT2D eigenvalue weighted by Crippen LogP contribution is 2.40. The summed E-state index contributed by atoms with van der Waals surface area (Å²) in [5, 5.41) is 0. The standard InChI is InChI=1S/C25H27F3O/c1-2-3-19-11-8-17(14-22(19)26)5-4-16-6-9-18(10-7-16)20-12-13-21(23-15-29-23)25(28)24(20)27/h4-5,8,11-14,16,18,23H,2-3,6-7,9-10,15H2,1H3/b5-4+. The van der Waals surface area contributed by atoms with Crippen molar-refractivity contribution in [1.82, 2.24) is 0 Å². The van der Waals surface area contributed by atoms with E-state index in [9.17, 15) is 13.2 Å². The SMILES string of the molecule is CCCc1ccc(/C=C/C2CCC(c3ccc(C4CO4)c(F)c3F)CC2)cc1F. The number of rotatable bonds is 6. The van der Waals surface area contributed by atoms with Crippen molar-refractivity contribution in [3.05, 3.63) is 76.1 Å². The zero-order chi connectivity index (χ0) is 20.4. The topological polar surface area (TPSA) is 12.5 Å². The number of allylic oxidation sites excluding steroid dienone is 1. The number of benzene rings is 2. The Morgan fingerprint density at radius 3 is 2.31 bits per heavy atom. The molecule has 0 amide bonds. The van der Waals surface area contributed by atoms with Gasteiger partial charge in [-0.2, -0.15) is 0 Å². The lowest BCUT2D eigenvalue weighted by atomic mass is 9.78. The summed E-state index contributed by atoms with van der Waals surface area (Å²) in [5.41, 5.74) is 2.46. The third kappa shape index (κ3) is 4.58. The number of hydrogen-bond acceptors (Lipinski definition) is 1. The Kier molecular flexibility index (Phi) is 6.09. The summed E-state index contributed by atoms with van der Waals surface area (Å²) < 4.78 is 48.0. The molecule has 1 nitrogen and oxygen atoms in total. The number of epoxide rings is 1. The average Bonchev–Trinajstić information content (AvgIpc) is 3.56. The third-order valence-electron chi connectivity index (χ3n) is 6.19. The summed E-state index contributed by atoms with van der Waals surface area (Å²) in [4.78, 5) is 0. The number of aryl methyl sites for hydroxylation is 1. The molecule has 0 aromatic heterocycles. The number of ether oxygens (including phenoxy) is 1. The van der Waals surface area contributed by atoms with Crippen LogP contribution in [-0.4, -0.2) is 6.61 Å². The van der Waals surface area contributed by atoms with E-state index in [2.05, 4.69) is 6.08 Å². The Morgan fingerprint density at radius 2 is 1.66 bits per heavy atom. The van der Waals surface area contributed by atoms with Gasteiger partial charge in [0.15, 0.2) is 11.6 Å². The van der Waals surface area contributed by atoms with E-state index in [-0.39, 0.29) is 17.8 Å². The molecule has 1 unspecified atom stereocenters. The Morgan fingerprint density at radius 1 is 0.966 bits per heavy atom. The molecule has 2 aromatic rings. The van der Waals surface area contributed by atoms with E-state index in [4.69, 9.17) is 4.74 Å². The minimum absolute atomic E-state index is 0.0501. The maximum Gasteiger partial charge on any atom is 0.165 e. The fourth-order valence-corrected chi connectivity index (χ4v) is 4.38. The molecular weight excluding hydrogens is 373 g/mol. The molecule has 1 atom stereocenters.